The molecule has 0 aliphatic rings. The summed E-state index contributed by atoms with van der Waals surface area (Å²) >= 11 is 3.38. The number of carbonyl (C=O) groups excluding carboxylic acids is 1. The summed E-state index contributed by atoms with van der Waals surface area (Å²) in [6.45, 7) is 3.36. The van der Waals surface area contributed by atoms with E-state index in [1.807, 2.05) is 44.2 Å². The fourth-order valence-corrected chi connectivity index (χ4v) is 3.60. The molecule has 0 aliphatic heterocycles. The minimum Gasteiger partial charge on any atom is -0.271 e. The van der Waals surface area contributed by atoms with Crippen molar-refractivity contribution in [2.45, 2.75) is 13.8 Å². The number of benzene rings is 2. The first-order valence-electron chi connectivity index (χ1n) is 7.80. The molecule has 26 heavy (non-hydrogen) atoms. The van der Waals surface area contributed by atoms with Gasteiger partial charge in [0.1, 0.15) is 6.54 Å². The summed E-state index contributed by atoms with van der Waals surface area (Å²) in [6, 6.07) is 12.7. The van der Waals surface area contributed by atoms with Crippen LogP contribution in [0.25, 0.3) is 0 Å². The van der Waals surface area contributed by atoms with Crippen LogP contribution in [-0.4, -0.2) is 33.3 Å². The van der Waals surface area contributed by atoms with Crippen molar-refractivity contribution in [3.05, 3.63) is 63.6 Å². The smallest absolute Gasteiger partial charge is 0.260 e. The number of hydrogen-bond donors (Lipinski definition) is 1. The highest BCUT2D eigenvalue weighted by Crippen LogP contribution is 2.24. The van der Waals surface area contributed by atoms with Gasteiger partial charge in [0.15, 0.2) is 0 Å². The SMILES string of the molecule is Cc1cccc(N(CC(=O)N/N=C/c2ccccc2Br)S(C)(=O)=O)c1C. The molecule has 0 bridgehead atoms. The fourth-order valence-electron chi connectivity index (χ4n) is 2.31. The second-order valence-electron chi connectivity index (χ2n) is 5.80. The molecule has 0 heterocycles. The molecular formula is C18H20BrN3O3S. The molecule has 2 rings (SSSR count). The van der Waals surface area contributed by atoms with Crippen LogP contribution >= 0.6 is 15.9 Å². The highest BCUT2D eigenvalue weighted by atomic mass is 79.9. The summed E-state index contributed by atoms with van der Waals surface area (Å²) in [5, 5.41) is 3.90. The zero-order valence-electron chi connectivity index (χ0n) is 14.7. The van der Waals surface area contributed by atoms with Crippen LogP contribution in [0.4, 0.5) is 5.69 Å². The van der Waals surface area contributed by atoms with Crippen LogP contribution in [0.1, 0.15) is 16.7 Å². The number of halogens is 1. The number of sulfonamides is 1. The zero-order valence-corrected chi connectivity index (χ0v) is 17.1. The Morgan fingerprint density at radius 3 is 2.54 bits per heavy atom. The maximum Gasteiger partial charge on any atom is 0.260 e. The van der Waals surface area contributed by atoms with Gasteiger partial charge < -0.3 is 0 Å². The first-order valence-corrected chi connectivity index (χ1v) is 10.4. The number of nitrogens with zero attached hydrogens (tertiary/aromatic N) is 2. The van der Waals surface area contributed by atoms with E-state index in [0.29, 0.717) is 5.69 Å². The molecule has 0 fully saturated rings. The number of rotatable bonds is 6. The topological polar surface area (TPSA) is 78.8 Å². The highest BCUT2D eigenvalue weighted by molar-refractivity contribution is 9.10. The van der Waals surface area contributed by atoms with Gasteiger partial charge in [-0.25, -0.2) is 13.8 Å². The Bertz CT molecular complexity index is 942. The summed E-state index contributed by atoms with van der Waals surface area (Å²) in [6.07, 6.45) is 2.57. The van der Waals surface area contributed by atoms with Crippen LogP contribution in [0.15, 0.2) is 52.0 Å². The van der Waals surface area contributed by atoms with E-state index in [-0.39, 0.29) is 6.54 Å². The molecule has 2 aromatic rings. The molecule has 1 amide bonds. The Morgan fingerprint density at radius 1 is 1.19 bits per heavy atom. The third-order valence-electron chi connectivity index (χ3n) is 3.83. The first-order chi connectivity index (χ1) is 12.2. The summed E-state index contributed by atoms with van der Waals surface area (Å²) < 4.78 is 26.3. The van der Waals surface area contributed by atoms with E-state index in [9.17, 15) is 13.2 Å². The molecule has 0 saturated heterocycles. The molecule has 0 unspecified atom stereocenters. The molecule has 0 aromatic heterocycles. The van der Waals surface area contributed by atoms with Crippen LogP contribution < -0.4 is 9.73 Å². The van der Waals surface area contributed by atoms with Gasteiger partial charge in [0.2, 0.25) is 10.0 Å². The standard InChI is InChI=1S/C18H20BrN3O3S/c1-13-7-6-10-17(14(13)2)22(26(3,24)25)12-18(23)21-20-11-15-8-4-5-9-16(15)19/h4-11H,12H2,1-3H3,(H,21,23)/b20-11+. The quantitative estimate of drug-likeness (QED) is 0.557. The van der Waals surface area contributed by atoms with Crippen LogP contribution in [-0.2, 0) is 14.8 Å². The monoisotopic (exact) mass is 437 g/mol. The summed E-state index contributed by atoms with van der Waals surface area (Å²) in [5.41, 5.74) is 5.40. The largest absolute Gasteiger partial charge is 0.271 e. The van der Waals surface area contributed by atoms with Crippen molar-refractivity contribution in [2.75, 3.05) is 17.1 Å². The van der Waals surface area contributed by atoms with Crippen molar-refractivity contribution >= 4 is 43.8 Å². The molecule has 1 N–H and O–H groups in total. The third-order valence-corrected chi connectivity index (χ3v) is 5.68. The lowest BCUT2D eigenvalue weighted by Gasteiger charge is -2.23. The van der Waals surface area contributed by atoms with Gasteiger partial charge in [0.25, 0.3) is 5.91 Å². The molecule has 6 nitrogen and oxygen atoms in total. The number of hydrogen-bond acceptors (Lipinski definition) is 4. The van der Waals surface area contributed by atoms with Gasteiger partial charge in [0, 0.05) is 10.0 Å². The van der Waals surface area contributed by atoms with E-state index in [0.717, 1.165) is 31.7 Å². The van der Waals surface area contributed by atoms with Crippen LogP contribution in [0.2, 0.25) is 0 Å². The van der Waals surface area contributed by atoms with E-state index >= 15 is 0 Å². The molecule has 8 heteroatoms. The van der Waals surface area contributed by atoms with Crippen molar-refractivity contribution in [1.29, 1.82) is 0 Å². The molecule has 0 saturated carbocycles. The number of amides is 1. The Labute approximate surface area is 162 Å². The second-order valence-corrected chi connectivity index (χ2v) is 8.56. The van der Waals surface area contributed by atoms with E-state index < -0.39 is 15.9 Å². The van der Waals surface area contributed by atoms with Crippen molar-refractivity contribution in [3.63, 3.8) is 0 Å². The van der Waals surface area contributed by atoms with Crippen LogP contribution in [0.3, 0.4) is 0 Å². The van der Waals surface area contributed by atoms with Crippen LogP contribution in [0.5, 0.6) is 0 Å². The third kappa shape index (κ3) is 5.15. The summed E-state index contributed by atoms with van der Waals surface area (Å²) in [5.74, 6) is -0.528. The van der Waals surface area contributed by atoms with Crippen LogP contribution in [0, 0.1) is 13.8 Å². The normalized spacial score (nSPS) is 11.5. The predicted molar refractivity (Wildman–Crippen MR) is 108 cm³/mol. The minimum absolute atomic E-state index is 0.351. The van der Waals surface area contributed by atoms with E-state index in [4.69, 9.17) is 0 Å². The molecule has 0 aliphatic carbocycles. The maximum absolute atomic E-state index is 12.2. The predicted octanol–water partition coefficient (Wildman–Crippen LogP) is 2.98. The van der Waals surface area contributed by atoms with E-state index in [1.165, 1.54) is 6.21 Å². The maximum atomic E-state index is 12.2. The Kier molecular flexibility index (Phi) is 6.55. The van der Waals surface area contributed by atoms with E-state index in [2.05, 4.69) is 26.5 Å². The number of nitrogens with one attached hydrogen (secondary N) is 1. The minimum atomic E-state index is -3.62. The number of hydrazone groups is 1. The number of aryl methyl sites for hydroxylation is 1. The summed E-state index contributed by atoms with van der Waals surface area (Å²) in [4.78, 5) is 12.2. The van der Waals surface area contributed by atoms with Gasteiger partial charge in [-0.15, -0.1) is 0 Å². The molecule has 138 valence electrons. The molecule has 0 spiro atoms. The van der Waals surface area contributed by atoms with Gasteiger partial charge in [-0.05, 0) is 37.1 Å². The lowest BCUT2D eigenvalue weighted by molar-refractivity contribution is -0.119. The Hall–Kier alpha value is -2.19. The van der Waals surface area contributed by atoms with E-state index in [1.54, 1.807) is 12.1 Å². The molecule has 2 aromatic carbocycles. The van der Waals surface area contributed by atoms with Gasteiger partial charge >= 0.3 is 0 Å². The first kappa shape index (κ1) is 20.1. The lowest BCUT2D eigenvalue weighted by atomic mass is 10.1. The van der Waals surface area contributed by atoms with Gasteiger partial charge in [-0.3, -0.25) is 9.10 Å². The number of anilines is 1. The van der Waals surface area contributed by atoms with Gasteiger partial charge in [-0.2, -0.15) is 5.10 Å². The van der Waals surface area contributed by atoms with Gasteiger partial charge in [-0.1, -0.05) is 46.3 Å². The van der Waals surface area contributed by atoms with Crippen molar-refractivity contribution in [2.24, 2.45) is 5.10 Å². The van der Waals surface area contributed by atoms with Crippen molar-refractivity contribution < 1.29 is 13.2 Å². The summed E-state index contributed by atoms with van der Waals surface area (Å²) in [7, 11) is -3.62. The Balaban J connectivity index is 2.15. The zero-order chi connectivity index (χ0) is 19.3. The number of carbonyl (C=O) groups is 1. The highest BCUT2D eigenvalue weighted by Gasteiger charge is 2.22. The fraction of sp³-hybridized carbons (Fsp3) is 0.222. The van der Waals surface area contributed by atoms with Crippen molar-refractivity contribution in [1.82, 2.24) is 5.43 Å². The average molecular weight is 438 g/mol. The lowest BCUT2D eigenvalue weighted by Crippen LogP contribution is -2.39. The average Bonchev–Trinajstić information content (AvgIpc) is 2.56. The molecule has 0 atom stereocenters. The second kappa shape index (κ2) is 8.46. The molecular weight excluding hydrogens is 418 g/mol. The Morgan fingerprint density at radius 2 is 1.88 bits per heavy atom. The van der Waals surface area contributed by atoms with Crippen molar-refractivity contribution in [3.8, 4) is 0 Å². The molecule has 0 radical (unpaired) electrons. The van der Waals surface area contributed by atoms with Gasteiger partial charge in [0.05, 0.1) is 18.2 Å².